The fourth-order valence-electron chi connectivity index (χ4n) is 2.83. The molecule has 0 saturated carbocycles. The predicted octanol–water partition coefficient (Wildman–Crippen LogP) is 2.43. The van der Waals surface area contributed by atoms with Crippen molar-refractivity contribution in [3.8, 4) is 0 Å². The summed E-state index contributed by atoms with van der Waals surface area (Å²) in [4.78, 5) is 0. The Bertz CT molecular complexity index is 695. The van der Waals surface area contributed by atoms with E-state index < -0.39 is 23.2 Å². The van der Waals surface area contributed by atoms with Crippen LogP contribution in [0.15, 0.2) is 13.5 Å². The summed E-state index contributed by atoms with van der Waals surface area (Å²) in [6.07, 6.45) is 0. The van der Waals surface area contributed by atoms with Crippen molar-refractivity contribution in [2.75, 3.05) is 92.1 Å². The third kappa shape index (κ3) is 4.76. The molecule has 0 aromatic heterocycles. The smallest absolute Gasteiger partial charge is 0.377 e. The molecular weight excluding hydrogens is 425 g/mol. The highest BCUT2D eigenvalue weighted by Gasteiger charge is 2.55. The minimum atomic E-state index is -2.44. The third-order valence-electron chi connectivity index (χ3n) is 4.62. The van der Waals surface area contributed by atoms with Crippen LogP contribution in [-0.4, -0.2) is 106 Å². The van der Waals surface area contributed by atoms with Crippen LogP contribution in [-0.2, 0) is 23.3 Å². The van der Waals surface area contributed by atoms with Crippen molar-refractivity contribution >= 4 is 23.2 Å². The van der Waals surface area contributed by atoms with E-state index in [4.69, 9.17) is 36.8 Å². The summed E-state index contributed by atoms with van der Waals surface area (Å²) in [6, 6.07) is 0. The number of rotatable bonds is 3. The Hall–Kier alpha value is 0.240. The summed E-state index contributed by atoms with van der Waals surface area (Å²) in [6.45, 7) is 10.2. The molecule has 3 saturated heterocycles. The minimum Gasteiger partial charge on any atom is -0.377 e. The highest BCUT2D eigenvalue weighted by atomic mass is 31.3. The molecule has 0 radical (unpaired) electrons. The van der Waals surface area contributed by atoms with Crippen LogP contribution < -0.4 is 0 Å². The average molecular weight is 453 g/mol. The van der Waals surface area contributed by atoms with Gasteiger partial charge in [-0.3, -0.25) is 0 Å². The lowest BCUT2D eigenvalue weighted by Crippen LogP contribution is -2.15. The second-order valence-corrected chi connectivity index (χ2v) is 13.9. The van der Waals surface area contributed by atoms with Crippen molar-refractivity contribution in [3.63, 3.8) is 0 Å². The molecule has 5 aliphatic rings. The summed E-state index contributed by atoms with van der Waals surface area (Å²) in [7, 11) is -5.85. The van der Waals surface area contributed by atoms with Gasteiger partial charge < -0.3 is 23.3 Å². The van der Waals surface area contributed by atoms with Gasteiger partial charge in [-0.25, -0.2) is 9.34 Å². The van der Waals surface area contributed by atoms with Gasteiger partial charge in [0.05, 0.1) is 65.9 Å². The zero-order chi connectivity index (χ0) is 18.9. The van der Waals surface area contributed by atoms with Gasteiger partial charge in [0.15, 0.2) is 0 Å². The van der Waals surface area contributed by atoms with Crippen molar-refractivity contribution in [1.29, 1.82) is 0 Å². The second kappa shape index (κ2) is 8.77. The van der Waals surface area contributed by atoms with Crippen LogP contribution in [0.1, 0.15) is 0 Å². The summed E-state index contributed by atoms with van der Waals surface area (Å²) in [5.74, 6) is 0. The normalized spacial score (nSPS) is 40.1. The Morgan fingerprint density at radius 2 is 1.11 bits per heavy atom. The molecule has 158 valence electrons. The molecule has 5 aliphatic heterocycles. The summed E-state index contributed by atoms with van der Waals surface area (Å²) >= 11 is 0. The van der Waals surface area contributed by atoms with Gasteiger partial charge in [-0.05, 0) is 0 Å². The molecule has 3 fully saturated rings. The van der Waals surface area contributed by atoms with Crippen molar-refractivity contribution in [3.05, 3.63) is 0 Å². The summed E-state index contributed by atoms with van der Waals surface area (Å²) in [5.41, 5.74) is 0. The third-order valence-corrected chi connectivity index (χ3v) is 13.9. The number of ether oxygens (including phenoxy) is 3. The SMILES string of the molecule is C1COCCOP2(N3CC3)=N[P+](N3CC3)=NP(N3CC3)(=N2)OCCOCCO1. The maximum atomic E-state index is 6.39. The Kier molecular flexibility index (Phi) is 6.32. The van der Waals surface area contributed by atoms with Crippen LogP contribution in [0.2, 0.25) is 0 Å². The van der Waals surface area contributed by atoms with Gasteiger partial charge in [0.1, 0.15) is 0 Å². The van der Waals surface area contributed by atoms with Crippen molar-refractivity contribution < 1.29 is 23.3 Å². The van der Waals surface area contributed by atoms with E-state index in [2.05, 4.69) is 14.0 Å². The van der Waals surface area contributed by atoms with Crippen LogP contribution in [0.3, 0.4) is 0 Å². The lowest BCUT2D eigenvalue weighted by Gasteiger charge is -2.26. The highest BCUT2D eigenvalue weighted by molar-refractivity contribution is 7.77. The number of hydrogen-bond acceptors (Lipinski definition) is 11. The standard InChI is InChI=1S/C14H28N6O5P3/c1-2-18(1)26-15-27(19-3-4-19)17-28(16-26,20-5-6-20)25-14-12-23-10-8-21-7-9-22-11-13-24-27/h1-14H2/q+1. The summed E-state index contributed by atoms with van der Waals surface area (Å²) in [5, 5.41) is 0. The maximum absolute atomic E-state index is 6.39. The van der Waals surface area contributed by atoms with Crippen LogP contribution >= 0.6 is 23.2 Å². The molecule has 0 aliphatic carbocycles. The monoisotopic (exact) mass is 453 g/mol. The van der Waals surface area contributed by atoms with E-state index in [0.29, 0.717) is 52.9 Å². The molecule has 5 heterocycles. The van der Waals surface area contributed by atoms with Crippen LogP contribution in [0.4, 0.5) is 0 Å². The van der Waals surface area contributed by atoms with Crippen LogP contribution in [0, 0.1) is 0 Å². The van der Waals surface area contributed by atoms with Crippen LogP contribution in [0.25, 0.3) is 0 Å². The first-order chi connectivity index (χ1) is 13.8. The van der Waals surface area contributed by atoms with Gasteiger partial charge in [-0.15, -0.1) is 0 Å². The van der Waals surface area contributed by atoms with E-state index in [1.165, 1.54) is 0 Å². The van der Waals surface area contributed by atoms with E-state index in [-0.39, 0.29) is 0 Å². The van der Waals surface area contributed by atoms with Crippen LogP contribution in [0.5, 0.6) is 0 Å². The van der Waals surface area contributed by atoms with Gasteiger partial charge in [0.25, 0.3) is 0 Å². The number of nitrogens with zero attached hydrogens (tertiary/aromatic N) is 6. The van der Waals surface area contributed by atoms with Gasteiger partial charge >= 0.3 is 23.2 Å². The Balaban J connectivity index is 1.46. The molecular formula is C14H28N6O5P3+. The fraction of sp³-hybridized carbons (Fsp3) is 1.00. The van der Waals surface area contributed by atoms with Crippen molar-refractivity contribution in [2.24, 2.45) is 13.5 Å². The molecule has 0 N–H and O–H groups in total. The van der Waals surface area contributed by atoms with E-state index in [9.17, 15) is 0 Å². The molecule has 2 bridgehead atoms. The van der Waals surface area contributed by atoms with E-state index in [1.807, 2.05) is 0 Å². The lowest BCUT2D eigenvalue weighted by molar-refractivity contribution is 0.00510. The molecule has 3 unspecified atom stereocenters. The van der Waals surface area contributed by atoms with E-state index in [0.717, 1.165) is 39.3 Å². The Labute approximate surface area is 166 Å². The Morgan fingerprint density at radius 3 is 1.64 bits per heavy atom. The molecule has 0 aromatic rings. The Morgan fingerprint density at radius 1 is 0.607 bits per heavy atom. The predicted molar refractivity (Wildman–Crippen MR) is 107 cm³/mol. The first-order valence-corrected chi connectivity index (χ1v) is 14.2. The molecule has 5 rings (SSSR count). The number of fused-ring (bicyclic) bond motifs is 1. The molecule has 14 heteroatoms. The van der Waals surface area contributed by atoms with Gasteiger partial charge in [-0.1, -0.05) is 4.67 Å². The molecule has 0 spiro atoms. The van der Waals surface area contributed by atoms with Crippen molar-refractivity contribution in [2.45, 2.75) is 0 Å². The fourth-order valence-corrected chi connectivity index (χ4v) is 13.3. The molecule has 0 amide bonds. The molecule has 3 atom stereocenters. The quantitative estimate of drug-likeness (QED) is 0.476. The second-order valence-electron chi connectivity index (χ2n) is 6.93. The zero-order valence-electron chi connectivity index (χ0n) is 16.0. The molecule has 0 aromatic carbocycles. The van der Waals surface area contributed by atoms with Gasteiger partial charge in [0.2, 0.25) is 0 Å². The van der Waals surface area contributed by atoms with E-state index >= 15 is 0 Å². The largest absolute Gasteiger partial charge is 0.465 e. The van der Waals surface area contributed by atoms with Gasteiger partial charge in [-0.2, -0.15) is 4.52 Å². The topological polar surface area (TPSA) is 92.3 Å². The molecule has 28 heavy (non-hydrogen) atoms. The first-order valence-electron chi connectivity index (χ1n) is 9.87. The number of hydrogen-bond donors (Lipinski definition) is 0. The zero-order valence-corrected chi connectivity index (χ0v) is 18.6. The maximum Gasteiger partial charge on any atom is 0.465 e. The highest BCUT2D eigenvalue weighted by Crippen LogP contribution is 2.79. The minimum absolute atomic E-state index is 0.476. The summed E-state index contributed by atoms with van der Waals surface area (Å²) < 4.78 is 51.9. The lowest BCUT2D eigenvalue weighted by atomic mass is 10.7. The first kappa shape index (κ1) is 20.2. The van der Waals surface area contributed by atoms with Gasteiger partial charge in [0, 0.05) is 35.2 Å². The van der Waals surface area contributed by atoms with E-state index in [1.54, 1.807) is 0 Å². The van der Waals surface area contributed by atoms with Crippen molar-refractivity contribution in [1.82, 2.24) is 14.0 Å². The average Bonchev–Trinajstić information content (AvgIpc) is 3.57. The molecule has 11 nitrogen and oxygen atoms in total.